The van der Waals surface area contributed by atoms with E-state index in [1.54, 1.807) is 6.07 Å². The number of hydrogen-bond donors (Lipinski definition) is 0. The van der Waals surface area contributed by atoms with Crippen molar-refractivity contribution in [1.82, 2.24) is 9.88 Å². The van der Waals surface area contributed by atoms with Crippen LogP contribution in [0.5, 0.6) is 5.75 Å². The van der Waals surface area contributed by atoms with E-state index in [2.05, 4.69) is 18.8 Å². The monoisotopic (exact) mass is 358 g/mol. The molecule has 2 atom stereocenters. The molecule has 2 heterocycles. The molecule has 1 aromatic carbocycles. The van der Waals surface area contributed by atoms with Crippen molar-refractivity contribution in [1.29, 1.82) is 0 Å². The number of rotatable bonds is 4. The third-order valence-electron chi connectivity index (χ3n) is 4.68. The van der Waals surface area contributed by atoms with Crippen molar-refractivity contribution in [3.05, 3.63) is 58.4 Å². The molecule has 0 bridgehead atoms. The quantitative estimate of drug-likeness (QED) is 0.799. The highest BCUT2D eigenvalue weighted by molar-refractivity contribution is 6.32. The van der Waals surface area contributed by atoms with Gasteiger partial charge < -0.3 is 9.64 Å². The number of hydrogen-bond acceptors (Lipinski definition) is 3. The second kappa shape index (κ2) is 7.44. The number of carbonyl (C=O) groups is 1. The Morgan fingerprint density at radius 3 is 2.64 bits per heavy atom. The van der Waals surface area contributed by atoms with Crippen LogP contribution in [0.25, 0.3) is 0 Å². The minimum Gasteiger partial charge on any atom is -0.486 e. The molecule has 25 heavy (non-hydrogen) atoms. The van der Waals surface area contributed by atoms with Gasteiger partial charge in [-0.3, -0.25) is 4.79 Å². The maximum absolute atomic E-state index is 12.8. The molecule has 4 nitrogen and oxygen atoms in total. The summed E-state index contributed by atoms with van der Waals surface area (Å²) in [6.07, 6.45) is 2.09. The number of nitrogens with zero attached hydrogens (tertiary/aromatic N) is 2. The van der Waals surface area contributed by atoms with Crippen molar-refractivity contribution in [2.75, 3.05) is 0 Å². The van der Waals surface area contributed by atoms with Gasteiger partial charge in [0.25, 0.3) is 5.91 Å². The standard InChI is InChI=1S/C20H23ClN2O2/c1-13-7-10-19(17(21)11-13)25-12-16-5-4-6-18(22-16)20(24)23-14(2)8-9-15(23)3/h4-7,10-11,14-15H,8-9,12H2,1-3H3. The summed E-state index contributed by atoms with van der Waals surface area (Å²) in [6.45, 7) is 6.43. The van der Waals surface area contributed by atoms with Gasteiger partial charge in [0.2, 0.25) is 0 Å². The van der Waals surface area contributed by atoms with Gasteiger partial charge >= 0.3 is 0 Å². The van der Waals surface area contributed by atoms with Gasteiger partial charge in [0.15, 0.2) is 0 Å². The highest BCUT2D eigenvalue weighted by atomic mass is 35.5. The lowest BCUT2D eigenvalue weighted by Crippen LogP contribution is -2.39. The molecule has 2 aromatic rings. The van der Waals surface area contributed by atoms with E-state index in [1.807, 2.05) is 42.2 Å². The summed E-state index contributed by atoms with van der Waals surface area (Å²) in [7, 11) is 0. The molecule has 0 saturated carbocycles. The van der Waals surface area contributed by atoms with Gasteiger partial charge in [0, 0.05) is 12.1 Å². The predicted molar refractivity (Wildman–Crippen MR) is 99.1 cm³/mol. The number of likely N-dealkylation sites (tertiary alicyclic amines) is 1. The van der Waals surface area contributed by atoms with Crippen molar-refractivity contribution in [3.8, 4) is 5.75 Å². The number of aromatic nitrogens is 1. The molecule has 0 N–H and O–H groups in total. The van der Waals surface area contributed by atoms with E-state index in [9.17, 15) is 4.79 Å². The lowest BCUT2D eigenvalue weighted by molar-refractivity contribution is 0.0686. The molecular weight excluding hydrogens is 336 g/mol. The zero-order valence-electron chi connectivity index (χ0n) is 14.8. The average Bonchev–Trinajstić information content (AvgIpc) is 2.92. The van der Waals surface area contributed by atoms with Crippen LogP contribution in [0.4, 0.5) is 0 Å². The van der Waals surface area contributed by atoms with Crippen LogP contribution in [-0.2, 0) is 6.61 Å². The maximum atomic E-state index is 12.8. The van der Waals surface area contributed by atoms with Crippen LogP contribution in [0.3, 0.4) is 0 Å². The molecule has 1 aliphatic heterocycles. The van der Waals surface area contributed by atoms with Gasteiger partial charge in [-0.2, -0.15) is 0 Å². The highest BCUT2D eigenvalue weighted by Crippen LogP contribution is 2.27. The number of amides is 1. The van der Waals surface area contributed by atoms with Gasteiger partial charge in [0.1, 0.15) is 18.1 Å². The molecule has 5 heteroatoms. The summed E-state index contributed by atoms with van der Waals surface area (Å²) in [5, 5.41) is 0.576. The second-order valence-electron chi connectivity index (χ2n) is 6.72. The minimum atomic E-state index is -0.00674. The van der Waals surface area contributed by atoms with E-state index in [1.165, 1.54) is 0 Å². The van der Waals surface area contributed by atoms with E-state index in [-0.39, 0.29) is 24.6 Å². The fraction of sp³-hybridized carbons (Fsp3) is 0.400. The van der Waals surface area contributed by atoms with Gasteiger partial charge in [-0.05, 0) is 63.4 Å². The van der Waals surface area contributed by atoms with E-state index in [0.717, 1.165) is 18.4 Å². The molecule has 0 radical (unpaired) electrons. The van der Waals surface area contributed by atoms with Gasteiger partial charge in [-0.15, -0.1) is 0 Å². The summed E-state index contributed by atoms with van der Waals surface area (Å²) < 4.78 is 5.76. The van der Waals surface area contributed by atoms with Crippen LogP contribution >= 0.6 is 11.6 Å². The first-order valence-corrected chi connectivity index (χ1v) is 9.01. The fourth-order valence-corrected chi connectivity index (χ4v) is 3.57. The molecule has 1 aliphatic rings. The Morgan fingerprint density at radius 2 is 1.96 bits per heavy atom. The number of halogens is 1. The van der Waals surface area contributed by atoms with Crippen LogP contribution in [0.1, 0.15) is 48.4 Å². The van der Waals surface area contributed by atoms with Crippen LogP contribution in [0, 0.1) is 6.92 Å². The van der Waals surface area contributed by atoms with Crippen LogP contribution in [0.2, 0.25) is 5.02 Å². The third-order valence-corrected chi connectivity index (χ3v) is 4.97. The number of pyridine rings is 1. The first kappa shape index (κ1) is 17.7. The van der Waals surface area contributed by atoms with E-state index >= 15 is 0 Å². The average molecular weight is 359 g/mol. The van der Waals surface area contributed by atoms with Crippen LogP contribution in [-0.4, -0.2) is 27.9 Å². The summed E-state index contributed by atoms with van der Waals surface area (Å²) in [4.78, 5) is 19.2. The Labute approximate surface area is 153 Å². The van der Waals surface area contributed by atoms with Crippen molar-refractivity contribution >= 4 is 17.5 Å². The first-order valence-electron chi connectivity index (χ1n) is 8.63. The Bertz CT molecular complexity index is 768. The number of benzene rings is 1. The highest BCUT2D eigenvalue weighted by Gasteiger charge is 2.32. The summed E-state index contributed by atoms with van der Waals surface area (Å²) in [5.74, 6) is 0.611. The fourth-order valence-electron chi connectivity index (χ4n) is 3.28. The molecule has 1 amide bonds. The zero-order valence-corrected chi connectivity index (χ0v) is 15.6. The van der Waals surface area contributed by atoms with Crippen molar-refractivity contribution < 1.29 is 9.53 Å². The topological polar surface area (TPSA) is 42.4 Å². The molecule has 1 fully saturated rings. The lowest BCUT2D eigenvalue weighted by Gasteiger charge is -2.26. The van der Waals surface area contributed by atoms with Crippen molar-refractivity contribution in [3.63, 3.8) is 0 Å². The molecule has 0 aliphatic carbocycles. The Morgan fingerprint density at radius 1 is 1.24 bits per heavy atom. The van der Waals surface area contributed by atoms with Crippen LogP contribution in [0.15, 0.2) is 36.4 Å². The number of carbonyl (C=O) groups excluding carboxylic acids is 1. The normalized spacial score (nSPS) is 19.9. The molecule has 1 saturated heterocycles. The zero-order chi connectivity index (χ0) is 18.0. The Balaban J connectivity index is 1.72. The number of ether oxygens (including phenoxy) is 1. The summed E-state index contributed by atoms with van der Waals surface area (Å²) in [5.41, 5.74) is 2.26. The van der Waals surface area contributed by atoms with Gasteiger partial charge in [-0.1, -0.05) is 23.7 Å². The molecule has 132 valence electrons. The molecule has 0 spiro atoms. The van der Waals surface area contributed by atoms with Crippen molar-refractivity contribution in [2.24, 2.45) is 0 Å². The van der Waals surface area contributed by atoms with Crippen molar-refractivity contribution in [2.45, 2.75) is 52.3 Å². The SMILES string of the molecule is Cc1ccc(OCc2cccc(C(=O)N3C(C)CCC3C)n2)c(Cl)c1. The molecular formula is C20H23ClN2O2. The molecule has 3 rings (SSSR count). The van der Waals surface area contributed by atoms with Crippen LogP contribution < -0.4 is 4.74 Å². The van der Waals surface area contributed by atoms with E-state index in [4.69, 9.17) is 16.3 Å². The third kappa shape index (κ3) is 3.96. The maximum Gasteiger partial charge on any atom is 0.272 e. The predicted octanol–water partition coefficient (Wildman–Crippen LogP) is 4.64. The summed E-state index contributed by atoms with van der Waals surface area (Å²) >= 11 is 6.19. The lowest BCUT2D eigenvalue weighted by atomic mass is 10.2. The van der Waals surface area contributed by atoms with E-state index in [0.29, 0.717) is 22.2 Å². The largest absolute Gasteiger partial charge is 0.486 e. The Hall–Kier alpha value is -2.07. The smallest absolute Gasteiger partial charge is 0.272 e. The first-order chi connectivity index (χ1) is 12.0. The second-order valence-corrected chi connectivity index (χ2v) is 7.13. The van der Waals surface area contributed by atoms with Gasteiger partial charge in [-0.25, -0.2) is 4.98 Å². The Kier molecular flexibility index (Phi) is 5.28. The van der Waals surface area contributed by atoms with Gasteiger partial charge in [0.05, 0.1) is 10.7 Å². The van der Waals surface area contributed by atoms with E-state index < -0.39 is 0 Å². The minimum absolute atomic E-state index is 0.00674. The molecule has 2 unspecified atom stereocenters. The molecule has 1 aromatic heterocycles. The summed E-state index contributed by atoms with van der Waals surface area (Å²) in [6, 6.07) is 11.6. The number of aryl methyl sites for hydroxylation is 1.